The minimum atomic E-state index is -0.841. The zero-order chi connectivity index (χ0) is 30.1. The molecular weight excluding hydrogens is 652 g/mol. The summed E-state index contributed by atoms with van der Waals surface area (Å²) in [5, 5.41) is 0. The van der Waals surface area contributed by atoms with Crippen molar-refractivity contribution in [3.05, 3.63) is 121 Å². The second kappa shape index (κ2) is 14.4. The Labute approximate surface area is 254 Å². The lowest BCUT2D eigenvalue weighted by atomic mass is 10.1. The smallest absolute Gasteiger partial charge is 0.379 e. The van der Waals surface area contributed by atoms with Gasteiger partial charge in [-0.15, -0.1) is 0 Å². The molecule has 4 aromatic carbocycles. The number of nitrogens with zero attached hydrogens (tertiary/aromatic N) is 1. The largest absolute Gasteiger partial charge is 0.463 e. The predicted octanol–water partition coefficient (Wildman–Crippen LogP) is 6.63. The van der Waals surface area contributed by atoms with Crippen LogP contribution in [-0.2, 0) is 9.53 Å². The van der Waals surface area contributed by atoms with E-state index in [0.717, 1.165) is 36.7 Å². The van der Waals surface area contributed by atoms with Gasteiger partial charge < -0.3 is 21.2 Å². The average molecular weight is 680 g/mol. The molecule has 0 saturated carbocycles. The summed E-state index contributed by atoms with van der Waals surface area (Å²) in [4.78, 5) is 42.0. The molecule has 8 nitrogen and oxygen atoms in total. The minimum absolute atomic E-state index is 0.167. The van der Waals surface area contributed by atoms with Crippen molar-refractivity contribution < 1.29 is 14.3 Å². The van der Waals surface area contributed by atoms with E-state index < -0.39 is 11.8 Å². The fraction of sp³-hybridized carbons (Fsp3) is 0.0968. The number of nitrogens with one attached hydrogen (secondary N) is 1. The van der Waals surface area contributed by atoms with Crippen LogP contribution < -0.4 is 17.0 Å². The van der Waals surface area contributed by atoms with Gasteiger partial charge in [0, 0.05) is 20.1 Å². The summed E-state index contributed by atoms with van der Waals surface area (Å²) in [5.41, 5.74) is 16.9. The Bertz CT molecular complexity index is 1750. The molecule has 210 valence electrons. The highest BCUT2D eigenvalue weighted by molar-refractivity contribution is 9.10. The maximum atomic E-state index is 12.2. The second-order valence-electron chi connectivity index (χ2n) is 8.80. The van der Waals surface area contributed by atoms with Gasteiger partial charge >= 0.3 is 5.97 Å². The number of para-hydroxylation sites is 4. The molecule has 0 fully saturated rings. The molecule has 0 aliphatic carbocycles. The van der Waals surface area contributed by atoms with Crippen LogP contribution in [0.25, 0.3) is 22.3 Å². The summed E-state index contributed by atoms with van der Waals surface area (Å²) in [6.45, 7) is 3.74. The van der Waals surface area contributed by atoms with Crippen LogP contribution >= 0.6 is 31.9 Å². The van der Waals surface area contributed by atoms with E-state index in [1.54, 1.807) is 31.2 Å². The Morgan fingerprint density at radius 1 is 0.805 bits per heavy atom. The Morgan fingerprint density at radius 2 is 1.37 bits per heavy atom. The van der Waals surface area contributed by atoms with Crippen LogP contribution in [0.4, 0.5) is 11.4 Å². The molecule has 41 heavy (non-hydrogen) atoms. The second-order valence-corrected chi connectivity index (χ2v) is 10.6. The van der Waals surface area contributed by atoms with Crippen molar-refractivity contribution in [3.63, 3.8) is 0 Å². The number of esters is 1. The molecule has 0 radical (unpaired) electrons. The number of carbonyl (C=O) groups is 2. The van der Waals surface area contributed by atoms with Crippen LogP contribution in [0.3, 0.4) is 0 Å². The van der Waals surface area contributed by atoms with Gasteiger partial charge in [0.2, 0.25) is 0 Å². The van der Waals surface area contributed by atoms with Crippen molar-refractivity contribution in [1.29, 1.82) is 0 Å². The molecule has 5 N–H and O–H groups in total. The topological polar surface area (TPSA) is 141 Å². The van der Waals surface area contributed by atoms with E-state index in [0.29, 0.717) is 22.6 Å². The lowest BCUT2D eigenvalue weighted by Crippen LogP contribution is -2.16. The van der Waals surface area contributed by atoms with Crippen LogP contribution in [0.1, 0.15) is 21.5 Å². The van der Waals surface area contributed by atoms with Crippen molar-refractivity contribution >= 4 is 66.0 Å². The molecule has 10 heteroatoms. The summed E-state index contributed by atoms with van der Waals surface area (Å²) < 4.78 is 6.05. The van der Waals surface area contributed by atoms with Crippen molar-refractivity contribution in [2.24, 2.45) is 0 Å². The first kappa shape index (κ1) is 31.3. The molecular formula is C31H28Br2N4O4. The van der Waals surface area contributed by atoms with Gasteiger partial charge in [-0.2, -0.15) is 0 Å². The third-order valence-electron chi connectivity index (χ3n) is 5.87. The fourth-order valence-electron chi connectivity index (χ4n) is 3.61. The van der Waals surface area contributed by atoms with E-state index in [4.69, 9.17) is 11.5 Å². The molecule has 0 amide bonds. The molecule has 5 aromatic rings. The number of halogens is 2. The number of nitrogens with two attached hydrogens (primary N) is 2. The quantitative estimate of drug-likeness (QED) is 0.0842. The summed E-state index contributed by atoms with van der Waals surface area (Å²) >= 11 is 6.66. The van der Waals surface area contributed by atoms with Crippen molar-refractivity contribution in [1.82, 2.24) is 9.97 Å². The van der Waals surface area contributed by atoms with E-state index in [9.17, 15) is 14.4 Å². The van der Waals surface area contributed by atoms with Crippen LogP contribution in [-0.4, -0.2) is 28.8 Å². The minimum Gasteiger partial charge on any atom is -0.463 e. The Balaban J connectivity index is 0.000000184. The van der Waals surface area contributed by atoms with Gasteiger partial charge in [0.05, 0.1) is 29.5 Å². The standard InChI is InChI=1S/C15H11BrN2O.C10H9BrO3.C6H8N2/c1-9-6-7-10(16)8-11(9)14-15(19)18-13-5-3-2-4-12(13)17-14;1-6-3-4-7(11)5-8(6)9(12)10(13)14-2;7-5-3-1-2-4-6(5)8/h2-8H,1H3,(H,18,19);3-5H,1-2H3;1-4H,7-8H2. The number of hydrogen-bond donors (Lipinski definition) is 3. The number of hydrogen-bond acceptors (Lipinski definition) is 7. The molecule has 0 bridgehead atoms. The van der Waals surface area contributed by atoms with Crippen molar-refractivity contribution in [2.45, 2.75) is 13.8 Å². The summed E-state index contributed by atoms with van der Waals surface area (Å²) in [7, 11) is 1.19. The zero-order valence-electron chi connectivity index (χ0n) is 22.6. The van der Waals surface area contributed by atoms with Gasteiger partial charge in [-0.3, -0.25) is 9.59 Å². The fourth-order valence-corrected chi connectivity index (χ4v) is 4.34. The first-order valence-electron chi connectivity index (χ1n) is 12.3. The molecule has 0 atom stereocenters. The highest BCUT2D eigenvalue weighted by atomic mass is 79.9. The average Bonchev–Trinajstić information content (AvgIpc) is 2.96. The number of ketones is 1. The Hall–Kier alpha value is -4.28. The number of benzene rings is 4. The number of H-pyrrole nitrogens is 1. The number of aromatic amines is 1. The predicted molar refractivity (Wildman–Crippen MR) is 171 cm³/mol. The third-order valence-corrected chi connectivity index (χ3v) is 6.85. The van der Waals surface area contributed by atoms with Crippen molar-refractivity contribution in [2.75, 3.05) is 18.6 Å². The van der Waals surface area contributed by atoms with Gasteiger partial charge in [0.15, 0.2) is 0 Å². The van der Waals surface area contributed by atoms with Crippen molar-refractivity contribution in [3.8, 4) is 11.3 Å². The third kappa shape index (κ3) is 8.36. The van der Waals surface area contributed by atoms with E-state index >= 15 is 0 Å². The summed E-state index contributed by atoms with van der Waals surface area (Å²) in [6.07, 6.45) is 0. The summed E-state index contributed by atoms with van der Waals surface area (Å²) in [5.74, 6) is -1.46. The van der Waals surface area contributed by atoms with Crippen LogP contribution in [0, 0.1) is 13.8 Å². The van der Waals surface area contributed by atoms with E-state index in [-0.39, 0.29) is 5.56 Å². The maximum Gasteiger partial charge on any atom is 0.379 e. The monoisotopic (exact) mass is 678 g/mol. The van der Waals surface area contributed by atoms with Gasteiger partial charge in [-0.1, -0.05) is 68.3 Å². The number of aromatic nitrogens is 2. The van der Waals surface area contributed by atoms with Gasteiger partial charge in [0.1, 0.15) is 5.69 Å². The molecule has 5 rings (SSSR count). The molecule has 0 unspecified atom stereocenters. The molecule has 0 spiro atoms. The molecule has 0 saturated heterocycles. The first-order valence-corrected chi connectivity index (χ1v) is 13.8. The highest BCUT2D eigenvalue weighted by Gasteiger charge is 2.18. The molecule has 0 aliphatic rings. The Kier molecular flexibility index (Phi) is 11.0. The number of anilines is 2. The Morgan fingerprint density at radius 3 is 1.98 bits per heavy atom. The number of fused-ring (bicyclic) bond motifs is 1. The van der Waals surface area contributed by atoms with E-state index in [1.165, 1.54) is 7.11 Å². The number of rotatable bonds is 3. The molecule has 1 aromatic heterocycles. The lowest BCUT2D eigenvalue weighted by Gasteiger charge is -2.06. The molecule has 1 heterocycles. The highest BCUT2D eigenvalue weighted by Crippen LogP contribution is 2.24. The number of Topliss-reactive ketones (excluding diaryl/α,β-unsaturated/α-hetero) is 1. The van der Waals surface area contributed by atoms with Crippen LogP contribution in [0.2, 0.25) is 0 Å². The van der Waals surface area contributed by atoms with Gasteiger partial charge in [0.25, 0.3) is 11.3 Å². The number of nitrogen functional groups attached to an aromatic ring is 2. The van der Waals surface area contributed by atoms with Gasteiger partial charge in [-0.25, -0.2) is 9.78 Å². The number of methoxy groups -OCH3 is 1. The normalized spacial score (nSPS) is 10.1. The maximum absolute atomic E-state index is 12.2. The number of carbonyl (C=O) groups excluding carboxylic acids is 2. The number of ether oxygens (including phenoxy) is 1. The van der Waals surface area contributed by atoms with Gasteiger partial charge in [-0.05, 0) is 73.5 Å². The van der Waals surface area contributed by atoms with E-state index in [2.05, 4.69) is 46.6 Å². The first-order chi connectivity index (χ1) is 19.5. The van der Waals surface area contributed by atoms with Crippen LogP contribution in [0.15, 0.2) is 98.7 Å². The lowest BCUT2D eigenvalue weighted by molar-refractivity contribution is -0.135. The number of aryl methyl sites for hydroxylation is 2. The zero-order valence-corrected chi connectivity index (χ0v) is 25.7. The molecule has 0 aliphatic heterocycles. The summed E-state index contributed by atoms with van der Waals surface area (Å²) in [6, 6.07) is 25.8. The van der Waals surface area contributed by atoms with E-state index in [1.807, 2.05) is 67.6 Å². The van der Waals surface area contributed by atoms with Crippen LogP contribution in [0.5, 0.6) is 0 Å². The SMILES string of the molecule is COC(=O)C(=O)c1cc(Br)ccc1C.Cc1ccc(Br)cc1-c1nc2ccccc2[nH]c1=O.Nc1ccccc1N.